The molecular weight excluding hydrogens is 245 g/mol. The molecule has 0 aliphatic carbocycles. The van der Waals surface area contributed by atoms with Gasteiger partial charge < -0.3 is 9.73 Å². The van der Waals surface area contributed by atoms with Crippen LogP contribution in [0.1, 0.15) is 24.8 Å². The number of aromatic nitrogens is 2. The zero-order valence-electron chi connectivity index (χ0n) is 11.2. The maximum absolute atomic E-state index is 13.8. The molecule has 0 radical (unpaired) electrons. The van der Waals surface area contributed by atoms with Crippen molar-refractivity contribution in [2.45, 2.75) is 26.7 Å². The summed E-state index contributed by atoms with van der Waals surface area (Å²) in [4.78, 5) is 0. The lowest BCUT2D eigenvalue weighted by Crippen LogP contribution is -2.17. The van der Waals surface area contributed by atoms with Gasteiger partial charge in [0.25, 0.3) is 5.89 Å². The molecule has 0 spiro atoms. The van der Waals surface area contributed by atoms with Gasteiger partial charge in [0.2, 0.25) is 5.89 Å². The van der Waals surface area contributed by atoms with E-state index in [9.17, 15) is 4.39 Å². The molecular formula is C14H18FN3O. The number of aryl methyl sites for hydroxylation is 1. The van der Waals surface area contributed by atoms with E-state index >= 15 is 0 Å². The summed E-state index contributed by atoms with van der Waals surface area (Å²) in [6.45, 7) is 5.70. The standard InChI is InChI=1S/C14H18FN3O/c1-3-7-16-8-6-13-17-18-14(19-13)11-5-4-10(2)9-12(11)15/h4-5,9,16H,3,6-8H2,1-2H3. The summed E-state index contributed by atoms with van der Waals surface area (Å²) in [5.74, 6) is 0.431. The average molecular weight is 263 g/mol. The predicted molar refractivity (Wildman–Crippen MR) is 71.3 cm³/mol. The molecule has 0 bridgehead atoms. The van der Waals surface area contributed by atoms with Crippen molar-refractivity contribution in [3.63, 3.8) is 0 Å². The van der Waals surface area contributed by atoms with Crippen LogP contribution < -0.4 is 5.32 Å². The molecule has 1 aromatic carbocycles. The number of nitrogens with one attached hydrogen (secondary N) is 1. The fourth-order valence-electron chi connectivity index (χ4n) is 1.75. The summed E-state index contributed by atoms with van der Waals surface area (Å²) in [6.07, 6.45) is 1.74. The molecule has 0 aliphatic heterocycles. The number of halogens is 1. The molecule has 0 saturated carbocycles. The molecule has 0 fully saturated rings. The maximum Gasteiger partial charge on any atom is 0.250 e. The first kappa shape index (κ1) is 13.7. The number of hydrogen-bond acceptors (Lipinski definition) is 4. The average Bonchev–Trinajstić information content (AvgIpc) is 2.83. The van der Waals surface area contributed by atoms with E-state index in [2.05, 4.69) is 22.4 Å². The molecule has 19 heavy (non-hydrogen) atoms. The first-order chi connectivity index (χ1) is 9.20. The lowest BCUT2D eigenvalue weighted by atomic mass is 10.1. The Hall–Kier alpha value is -1.75. The zero-order chi connectivity index (χ0) is 13.7. The largest absolute Gasteiger partial charge is 0.421 e. The summed E-state index contributed by atoms with van der Waals surface area (Å²) in [5, 5.41) is 11.1. The van der Waals surface area contributed by atoms with Crippen LogP contribution in [0.15, 0.2) is 22.6 Å². The third kappa shape index (κ3) is 3.61. The lowest BCUT2D eigenvalue weighted by molar-refractivity contribution is 0.491. The van der Waals surface area contributed by atoms with Crippen LogP contribution in [0.5, 0.6) is 0 Å². The Morgan fingerprint density at radius 1 is 1.26 bits per heavy atom. The van der Waals surface area contributed by atoms with Crippen LogP contribution in [0.2, 0.25) is 0 Å². The van der Waals surface area contributed by atoms with Crippen LogP contribution in [-0.4, -0.2) is 23.3 Å². The van der Waals surface area contributed by atoms with E-state index in [4.69, 9.17) is 4.42 Å². The van der Waals surface area contributed by atoms with E-state index < -0.39 is 0 Å². The number of rotatable bonds is 6. The smallest absolute Gasteiger partial charge is 0.250 e. The fraction of sp³-hybridized carbons (Fsp3) is 0.429. The Bertz CT molecular complexity index is 539. The van der Waals surface area contributed by atoms with Crippen molar-refractivity contribution in [1.82, 2.24) is 15.5 Å². The molecule has 1 aromatic heterocycles. The monoisotopic (exact) mass is 263 g/mol. The number of benzene rings is 1. The number of nitrogens with zero attached hydrogens (tertiary/aromatic N) is 2. The summed E-state index contributed by atoms with van der Waals surface area (Å²) in [7, 11) is 0. The second-order valence-electron chi connectivity index (χ2n) is 4.48. The van der Waals surface area contributed by atoms with Crippen molar-refractivity contribution in [3.05, 3.63) is 35.5 Å². The highest BCUT2D eigenvalue weighted by atomic mass is 19.1. The minimum atomic E-state index is -0.334. The summed E-state index contributed by atoms with van der Waals surface area (Å²) in [5.41, 5.74) is 1.22. The van der Waals surface area contributed by atoms with Crippen LogP contribution >= 0.6 is 0 Å². The molecule has 0 unspecified atom stereocenters. The molecule has 0 saturated heterocycles. The van der Waals surface area contributed by atoms with Gasteiger partial charge in [0.15, 0.2) is 0 Å². The molecule has 0 aliphatic rings. The summed E-state index contributed by atoms with van der Waals surface area (Å²) >= 11 is 0. The summed E-state index contributed by atoms with van der Waals surface area (Å²) in [6, 6.07) is 4.95. The van der Waals surface area contributed by atoms with Crippen molar-refractivity contribution >= 4 is 0 Å². The molecule has 102 valence electrons. The molecule has 0 atom stereocenters. The third-order valence-corrected chi connectivity index (χ3v) is 2.76. The Labute approximate surface area is 112 Å². The first-order valence-corrected chi connectivity index (χ1v) is 6.50. The van der Waals surface area contributed by atoms with Crippen LogP contribution in [0, 0.1) is 12.7 Å². The molecule has 1 heterocycles. The first-order valence-electron chi connectivity index (χ1n) is 6.50. The fourth-order valence-corrected chi connectivity index (χ4v) is 1.75. The minimum absolute atomic E-state index is 0.239. The van der Waals surface area contributed by atoms with Crippen molar-refractivity contribution < 1.29 is 8.81 Å². The SMILES string of the molecule is CCCNCCc1nnc(-c2ccc(C)cc2F)o1. The highest BCUT2D eigenvalue weighted by molar-refractivity contribution is 5.54. The zero-order valence-corrected chi connectivity index (χ0v) is 11.2. The second-order valence-corrected chi connectivity index (χ2v) is 4.48. The number of hydrogen-bond donors (Lipinski definition) is 1. The van der Waals surface area contributed by atoms with E-state index in [0.29, 0.717) is 17.9 Å². The second kappa shape index (κ2) is 6.43. The van der Waals surface area contributed by atoms with Gasteiger partial charge in [-0.2, -0.15) is 0 Å². The van der Waals surface area contributed by atoms with Gasteiger partial charge in [-0.15, -0.1) is 10.2 Å². The van der Waals surface area contributed by atoms with Crippen LogP contribution in [0.4, 0.5) is 4.39 Å². The quantitative estimate of drug-likeness (QED) is 0.814. The summed E-state index contributed by atoms with van der Waals surface area (Å²) < 4.78 is 19.2. The molecule has 4 nitrogen and oxygen atoms in total. The van der Waals surface area contributed by atoms with Crippen LogP contribution in [0.3, 0.4) is 0 Å². The minimum Gasteiger partial charge on any atom is -0.421 e. The van der Waals surface area contributed by atoms with E-state index in [1.807, 2.05) is 13.0 Å². The molecule has 5 heteroatoms. The van der Waals surface area contributed by atoms with E-state index in [0.717, 1.165) is 25.1 Å². The van der Waals surface area contributed by atoms with Gasteiger partial charge >= 0.3 is 0 Å². The van der Waals surface area contributed by atoms with E-state index in [1.54, 1.807) is 6.07 Å². The third-order valence-electron chi connectivity index (χ3n) is 2.76. The Kier molecular flexibility index (Phi) is 4.63. The Morgan fingerprint density at radius 2 is 2.11 bits per heavy atom. The van der Waals surface area contributed by atoms with Gasteiger partial charge in [-0.25, -0.2) is 4.39 Å². The highest BCUT2D eigenvalue weighted by Gasteiger charge is 2.12. The van der Waals surface area contributed by atoms with E-state index in [1.165, 1.54) is 6.07 Å². The van der Waals surface area contributed by atoms with Gasteiger partial charge in [0.1, 0.15) is 5.82 Å². The van der Waals surface area contributed by atoms with Crippen molar-refractivity contribution in [1.29, 1.82) is 0 Å². The Morgan fingerprint density at radius 3 is 2.84 bits per heavy atom. The van der Waals surface area contributed by atoms with Gasteiger partial charge in [0.05, 0.1) is 5.56 Å². The van der Waals surface area contributed by atoms with Gasteiger partial charge in [0, 0.05) is 13.0 Å². The van der Waals surface area contributed by atoms with Crippen LogP contribution in [0.25, 0.3) is 11.5 Å². The van der Waals surface area contributed by atoms with Crippen LogP contribution in [-0.2, 0) is 6.42 Å². The molecule has 0 amide bonds. The lowest BCUT2D eigenvalue weighted by Gasteiger charge is -1.99. The maximum atomic E-state index is 13.8. The normalized spacial score (nSPS) is 10.9. The van der Waals surface area contributed by atoms with Gasteiger partial charge in [-0.05, 0) is 37.6 Å². The van der Waals surface area contributed by atoms with E-state index in [-0.39, 0.29) is 11.7 Å². The molecule has 2 rings (SSSR count). The van der Waals surface area contributed by atoms with Gasteiger partial charge in [-0.1, -0.05) is 13.0 Å². The van der Waals surface area contributed by atoms with Gasteiger partial charge in [-0.3, -0.25) is 0 Å². The Balaban J connectivity index is 2.04. The van der Waals surface area contributed by atoms with Crippen molar-refractivity contribution in [3.8, 4) is 11.5 Å². The topological polar surface area (TPSA) is 51.0 Å². The molecule has 1 N–H and O–H groups in total. The highest BCUT2D eigenvalue weighted by Crippen LogP contribution is 2.22. The predicted octanol–water partition coefficient (Wildman–Crippen LogP) is 2.73. The van der Waals surface area contributed by atoms with Crippen molar-refractivity contribution in [2.24, 2.45) is 0 Å². The van der Waals surface area contributed by atoms with Crippen molar-refractivity contribution in [2.75, 3.05) is 13.1 Å². The molecule has 2 aromatic rings.